The van der Waals surface area contributed by atoms with E-state index in [9.17, 15) is 9.90 Å². The van der Waals surface area contributed by atoms with Crippen LogP contribution in [0.15, 0.2) is 30.3 Å². The molecule has 0 radical (unpaired) electrons. The third-order valence-corrected chi connectivity index (χ3v) is 6.05. The Hall–Kier alpha value is -1.39. The molecule has 0 aromatic heterocycles. The van der Waals surface area contributed by atoms with Gasteiger partial charge in [-0.3, -0.25) is 15.0 Å². The summed E-state index contributed by atoms with van der Waals surface area (Å²) in [7, 11) is 0. The zero-order valence-electron chi connectivity index (χ0n) is 15.6. The zero-order valence-corrected chi connectivity index (χ0v) is 15.6. The van der Waals surface area contributed by atoms with E-state index >= 15 is 0 Å². The third kappa shape index (κ3) is 4.06. The number of likely N-dealkylation sites (tertiary alicyclic amines) is 1. The number of hydrogen-bond donors (Lipinski definition) is 2. The maximum Gasteiger partial charge on any atom is 0.324 e. The Morgan fingerprint density at radius 1 is 1.16 bits per heavy atom. The molecule has 2 N–H and O–H groups in total. The molecule has 1 saturated carbocycles. The molecule has 2 unspecified atom stereocenters. The maximum atomic E-state index is 11.9. The van der Waals surface area contributed by atoms with Gasteiger partial charge in [-0.25, -0.2) is 0 Å². The molecule has 1 saturated heterocycles. The number of hydrogen-bond acceptors (Lipinski definition) is 3. The van der Waals surface area contributed by atoms with Gasteiger partial charge in [0.05, 0.1) is 0 Å². The SMILES string of the molecule is CC(C)NC1(C(=O)O)CCN(C2CCCCC2c2ccccc2)CC1. The minimum Gasteiger partial charge on any atom is -0.480 e. The highest BCUT2D eigenvalue weighted by Crippen LogP contribution is 2.38. The van der Waals surface area contributed by atoms with Crippen LogP contribution in [0.5, 0.6) is 0 Å². The number of carboxylic acids is 1. The van der Waals surface area contributed by atoms with Crippen molar-refractivity contribution >= 4 is 5.97 Å². The van der Waals surface area contributed by atoms with Gasteiger partial charge in [0, 0.05) is 25.2 Å². The fraction of sp³-hybridized carbons (Fsp3) is 0.667. The summed E-state index contributed by atoms with van der Waals surface area (Å²) < 4.78 is 0. The van der Waals surface area contributed by atoms with Crippen LogP contribution in [0.4, 0.5) is 0 Å². The number of nitrogens with zero attached hydrogens (tertiary/aromatic N) is 1. The van der Waals surface area contributed by atoms with Crippen molar-refractivity contribution in [2.75, 3.05) is 13.1 Å². The highest BCUT2D eigenvalue weighted by molar-refractivity contribution is 5.79. The fourth-order valence-electron chi connectivity index (χ4n) is 4.85. The molecule has 2 atom stereocenters. The lowest BCUT2D eigenvalue weighted by Gasteiger charge is -2.46. The number of rotatable bonds is 5. The van der Waals surface area contributed by atoms with Crippen LogP contribution < -0.4 is 5.32 Å². The molecule has 4 heteroatoms. The van der Waals surface area contributed by atoms with E-state index in [0.29, 0.717) is 24.8 Å². The fourth-order valence-corrected chi connectivity index (χ4v) is 4.85. The van der Waals surface area contributed by atoms with Crippen molar-refractivity contribution in [3.8, 4) is 0 Å². The van der Waals surface area contributed by atoms with Crippen molar-refractivity contribution in [1.29, 1.82) is 0 Å². The molecule has 0 spiro atoms. The molecule has 4 nitrogen and oxygen atoms in total. The van der Waals surface area contributed by atoms with Gasteiger partial charge < -0.3 is 5.11 Å². The lowest BCUT2D eigenvalue weighted by molar-refractivity contribution is -0.148. The van der Waals surface area contributed by atoms with Crippen molar-refractivity contribution < 1.29 is 9.90 Å². The Balaban J connectivity index is 1.71. The maximum absolute atomic E-state index is 11.9. The molecular formula is C21H32N2O2. The second-order valence-corrected chi connectivity index (χ2v) is 8.09. The van der Waals surface area contributed by atoms with E-state index in [4.69, 9.17) is 0 Å². The van der Waals surface area contributed by atoms with Gasteiger partial charge in [-0.15, -0.1) is 0 Å². The smallest absolute Gasteiger partial charge is 0.324 e. The average Bonchev–Trinajstić information content (AvgIpc) is 2.62. The first-order valence-electron chi connectivity index (χ1n) is 9.82. The van der Waals surface area contributed by atoms with Crippen LogP contribution in [0.1, 0.15) is 63.9 Å². The number of carboxylic acid groups (broad SMARTS) is 1. The van der Waals surface area contributed by atoms with Gasteiger partial charge in [0.2, 0.25) is 0 Å². The van der Waals surface area contributed by atoms with Crippen molar-refractivity contribution in [3.63, 3.8) is 0 Å². The van der Waals surface area contributed by atoms with Crippen LogP contribution in [0.25, 0.3) is 0 Å². The van der Waals surface area contributed by atoms with E-state index in [1.165, 1.54) is 31.2 Å². The number of carbonyl (C=O) groups is 1. The minimum atomic E-state index is -0.748. The Bertz CT molecular complexity index is 565. The second-order valence-electron chi connectivity index (χ2n) is 8.09. The molecule has 1 aliphatic heterocycles. The van der Waals surface area contributed by atoms with E-state index < -0.39 is 11.5 Å². The van der Waals surface area contributed by atoms with E-state index in [-0.39, 0.29) is 6.04 Å². The van der Waals surface area contributed by atoms with Gasteiger partial charge in [0.25, 0.3) is 0 Å². The number of piperidine rings is 1. The van der Waals surface area contributed by atoms with Crippen LogP contribution in [0.3, 0.4) is 0 Å². The van der Waals surface area contributed by atoms with Crippen LogP contribution in [0.2, 0.25) is 0 Å². The summed E-state index contributed by atoms with van der Waals surface area (Å²) >= 11 is 0. The molecule has 2 fully saturated rings. The van der Waals surface area contributed by atoms with Crippen molar-refractivity contribution in [2.45, 2.75) is 75.9 Å². The second kappa shape index (κ2) is 7.88. The predicted molar refractivity (Wildman–Crippen MR) is 101 cm³/mol. The first-order valence-corrected chi connectivity index (χ1v) is 9.82. The Labute approximate surface area is 151 Å². The molecule has 3 rings (SSSR count). The quantitative estimate of drug-likeness (QED) is 0.856. The summed E-state index contributed by atoms with van der Waals surface area (Å²) in [5.41, 5.74) is 0.698. The summed E-state index contributed by atoms with van der Waals surface area (Å²) in [5.74, 6) is -0.102. The molecule has 1 aromatic carbocycles. The largest absolute Gasteiger partial charge is 0.480 e. The van der Waals surface area contributed by atoms with Crippen molar-refractivity contribution in [3.05, 3.63) is 35.9 Å². The highest BCUT2D eigenvalue weighted by atomic mass is 16.4. The first-order chi connectivity index (χ1) is 12.0. The first kappa shape index (κ1) is 18.4. The molecule has 1 heterocycles. The summed E-state index contributed by atoms with van der Waals surface area (Å²) in [6.07, 6.45) is 6.46. The summed E-state index contributed by atoms with van der Waals surface area (Å²) in [5, 5.41) is 13.1. The molecule has 2 aliphatic rings. The Kier molecular flexibility index (Phi) is 5.80. The van der Waals surface area contributed by atoms with Crippen molar-refractivity contribution in [2.24, 2.45) is 0 Å². The Morgan fingerprint density at radius 3 is 2.40 bits per heavy atom. The molecule has 0 bridgehead atoms. The van der Waals surface area contributed by atoms with Crippen molar-refractivity contribution in [1.82, 2.24) is 10.2 Å². The monoisotopic (exact) mass is 344 g/mol. The Morgan fingerprint density at radius 2 is 1.80 bits per heavy atom. The molecule has 138 valence electrons. The van der Waals surface area contributed by atoms with Gasteiger partial charge in [0.1, 0.15) is 5.54 Å². The minimum absolute atomic E-state index is 0.189. The van der Waals surface area contributed by atoms with E-state index in [2.05, 4.69) is 40.5 Å². The summed E-state index contributed by atoms with van der Waals surface area (Å²) in [4.78, 5) is 14.5. The van der Waals surface area contributed by atoms with Gasteiger partial charge in [0.15, 0.2) is 0 Å². The lowest BCUT2D eigenvalue weighted by Crippen LogP contribution is -2.61. The van der Waals surface area contributed by atoms with E-state index in [0.717, 1.165) is 13.1 Å². The van der Waals surface area contributed by atoms with Gasteiger partial charge in [-0.05, 0) is 51.0 Å². The standard InChI is InChI=1S/C21H32N2O2/c1-16(2)22-21(20(24)25)12-14-23(15-13-21)19-11-7-6-10-18(19)17-8-4-3-5-9-17/h3-5,8-9,16,18-19,22H,6-7,10-15H2,1-2H3,(H,24,25). The molecular weight excluding hydrogens is 312 g/mol. The number of nitrogens with one attached hydrogen (secondary N) is 1. The molecule has 1 aliphatic carbocycles. The number of aliphatic carboxylic acids is 1. The molecule has 25 heavy (non-hydrogen) atoms. The van der Waals surface area contributed by atoms with E-state index in [1.54, 1.807) is 0 Å². The summed E-state index contributed by atoms with van der Waals surface area (Å²) in [6, 6.07) is 11.6. The van der Waals surface area contributed by atoms with Crippen LogP contribution in [-0.2, 0) is 4.79 Å². The van der Waals surface area contributed by atoms with Crippen LogP contribution >= 0.6 is 0 Å². The van der Waals surface area contributed by atoms with Crippen LogP contribution in [0, 0.1) is 0 Å². The lowest BCUT2D eigenvalue weighted by atomic mass is 9.77. The number of benzene rings is 1. The van der Waals surface area contributed by atoms with E-state index in [1.807, 2.05) is 13.8 Å². The molecule has 0 amide bonds. The highest BCUT2D eigenvalue weighted by Gasteiger charge is 2.44. The van der Waals surface area contributed by atoms with Gasteiger partial charge >= 0.3 is 5.97 Å². The summed E-state index contributed by atoms with van der Waals surface area (Å²) in [6.45, 7) is 5.81. The van der Waals surface area contributed by atoms with Gasteiger partial charge in [-0.2, -0.15) is 0 Å². The average molecular weight is 344 g/mol. The third-order valence-electron chi connectivity index (χ3n) is 6.05. The predicted octanol–water partition coefficient (Wildman–Crippen LogP) is 3.63. The molecule has 1 aromatic rings. The van der Waals surface area contributed by atoms with Gasteiger partial charge in [-0.1, -0.05) is 43.2 Å². The van der Waals surface area contributed by atoms with Crippen LogP contribution in [-0.4, -0.2) is 46.7 Å². The normalized spacial score (nSPS) is 27.3. The zero-order chi connectivity index (χ0) is 17.9. The topological polar surface area (TPSA) is 52.6 Å².